The lowest BCUT2D eigenvalue weighted by Gasteiger charge is -2.35. The maximum Gasteiger partial charge on any atom is 0.196 e. The lowest BCUT2D eigenvalue weighted by Crippen LogP contribution is -2.41. The van der Waals surface area contributed by atoms with E-state index >= 15 is 0 Å². The quantitative estimate of drug-likeness (QED) is 0.716. The maximum atomic E-state index is 9.13. The van der Waals surface area contributed by atoms with Gasteiger partial charge in [-0.3, -0.25) is 0 Å². The van der Waals surface area contributed by atoms with E-state index in [4.69, 9.17) is 9.53 Å². The predicted octanol–water partition coefficient (Wildman–Crippen LogP) is 2.53. The van der Waals surface area contributed by atoms with E-state index in [1.54, 1.807) is 0 Å². The van der Waals surface area contributed by atoms with Crippen molar-refractivity contribution in [2.45, 2.75) is 50.2 Å². The Morgan fingerprint density at radius 2 is 2.00 bits per heavy atom. The highest BCUT2D eigenvalue weighted by Gasteiger charge is 2.50. The Labute approximate surface area is 87.8 Å². The number of aliphatic hydroxyl groups excluding tert-OH is 1. The highest BCUT2D eigenvalue weighted by Crippen LogP contribution is 2.48. The molecule has 0 aromatic rings. The summed E-state index contributed by atoms with van der Waals surface area (Å²) in [6.45, 7) is 3.63. The van der Waals surface area contributed by atoms with Crippen LogP contribution in [0.5, 0.6) is 0 Å². The first-order valence-corrected chi connectivity index (χ1v) is 8.43. The summed E-state index contributed by atoms with van der Waals surface area (Å²) in [5.41, 5.74) is 0.743. The molecule has 2 nitrogen and oxygen atoms in total. The van der Waals surface area contributed by atoms with Crippen LogP contribution in [-0.4, -0.2) is 26.6 Å². The number of aliphatic hydroxyl groups is 1. The van der Waals surface area contributed by atoms with Crippen LogP contribution in [0, 0.1) is 5.92 Å². The van der Waals surface area contributed by atoms with Gasteiger partial charge in [0, 0.05) is 13.2 Å². The van der Waals surface area contributed by atoms with E-state index in [1.807, 2.05) is 0 Å². The molecule has 0 saturated carbocycles. The molecule has 1 N–H and O–H groups in total. The average Bonchev–Trinajstić information content (AvgIpc) is 2.49. The van der Waals surface area contributed by atoms with Crippen LogP contribution < -0.4 is 0 Å². The summed E-state index contributed by atoms with van der Waals surface area (Å²) < 4.78 is 6.19. The first kappa shape index (κ1) is 10.6. The Balaban J connectivity index is 2.07. The molecule has 0 aromatic carbocycles. The summed E-state index contributed by atoms with van der Waals surface area (Å²) in [6.07, 6.45) is 5.15. The topological polar surface area (TPSA) is 29.5 Å². The Hall–Kier alpha value is 0.137. The van der Waals surface area contributed by atoms with Gasteiger partial charge in [0.15, 0.2) is 8.32 Å². The van der Waals surface area contributed by atoms with Gasteiger partial charge in [0.1, 0.15) is 0 Å². The second-order valence-corrected chi connectivity index (χ2v) is 9.19. The molecule has 0 aliphatic carbocycles. The van der Waals surface area contributed by atoms with Gasteiger partial charge in [0.05, 0.1) is 0 Å². The first-order chi connectivity index (χ1) is 6.78. The van der Waals surface area contributed by atoms with E-state index in [0.717, 1.165) is 18.6 Å². The minimum absolute atomic E-state index is 0.354. The highest BCUT2D eigenvalue weighted by molar-refractivity contribution is 6.76. The van der Waals surface area contributed by atoms with E-state index in [2.05, 4.69) is 6.92 Å². The molecule has 2 aliphatic heterocycles. The number of hydrogen-bond acceptors (Lipinski definition) is 2. The summed E-state index contributed by atoms with van der Waals surface area (Å²) in [7, 11) is -1.39. The van der Waals surface area contributed by atoms with Crippen LogP contribution in [0.15, 0.2) is 0 Å². The summed E-state index contributed by atoms with van der Waals surface area (Å²) in [5, 5.41) is 9.13. The summed E-state index contributed by atoms with van der Waals surface area (Å²) >= 11 is 0. The van der Waals surface area contributed by atoms with Gasteiger partial charge in [-0.05, 0) is 30.0 Å². The van der Waals surface area contributed by atoms with Crippen LogP contribution in [0.2, 0.25) is 17.6 Å². The van der Waals surface area contributed by atoms with Gasteiger partial charge in [-0.15, -0.1) is 0 Å². The van der Waals surface area contributed by atoms with Gasteiger partial charge in [-0.25, -0.2) is 0 Å². The van der Waals surface area contributed by atoms with Crippen molar-refractivity contribution in [1.82, 2.24) is 0 Å². The second kappa shape index (κ2) is 4.33. The van der Waals surface area contributed by atoms with Crippen molar-refractivity contribution < 1.29 is 9.53 Å². The van der Waals surface area contributed by atoms with Crippen LogP contribution in [-0.2, 0) is 4.43 Å². The Kier molecular flexibility index (Phi) is 3.29. The zero-order valence-corrected chi connectivity index (χ0v) is 10.2. The van der Waals surface area contributed by atoms with E-state index in [9.17, 15) is 0 Å². The Morgan fingerprint density at radius 3 is 2.64 bits per heavy atom. The first-order valence-electron chi connectivity index (χ1n) is 6.03. The average molecular weight is 214 g/mol. The highest BCUT2D eigenvalue weighted by atomic mass is 28.4. The Bertz CT molecular complexity index is 184. The van der Waals surface area contributed by atoms with Gasteiger partial charge in [-0.2, -0.15) is 0 Å². The number of hydrogen-bond donors (Lipinski definition) is 1. The van der Waals surface area contributed by atoms with Crippen LogP contribution >= 0.6 is 0 Å². The van der Waals surface area contributed by atoms with Gasteiger partial charge in [0.25, 0.3) is 0 Å². The normalized spacial score (nSPS) is 36.4. The van der Waals surface area contributed by atoms with Gasteiger partial charge in [-0.1, -0.05) is 26.2 Å². The van der Waals surface area contributed by atoms with Crippen molar-refractivity contribution in [3.63, 3.8) is 0 Å². The monoisotopic (exact) mass is 214 g/mol. The molecule has 14 heavy (non-hydrogen) atoms. The SMILES string of the molecule is C[C@@H]1CO[Si]2(CCCCC2)[C@H]1CCO. The fraction of sp³-hybridized carbons (Fsp3) is 1.00. The molecule has 2 fully saturated rings. The van der Waals surface area contributed by atoms with Crippen molar-refractivity contribution in [1.29, 1.82) is 0 Å². The van der Waals surface area contributed by atoms with Crippen LogP contribution in [0.25, 0.3) is 0 Å². The third kappa shape index (κ3) is 1.77. The standard InChI is InChI=1S/C11H22O2Si/c1-10-9-13-14(11(10)5-6-12)7-3-2-4-8-14/h10-12H,2-9H2,1H3/t10-,11+/m1/s1. The molecule has 2 rings (SSSR count). The fourth-order valence-electron chi connectivity index (χ4n) is 3.39. The molecule has 2 aliphatic rings. The van der Waals surface area contributed by atoms with Gasteiger partial charge < -0.3 is 9.53 Å². The molecule has 3 heteroatoms. The third-order valence-corrected chi connectivity index (χ3v) is 9.49. The zero-order valence-electron chi connectivity index (χ0n) is 9.17. The van der Waals surface area contributed by atoms with E-state index in [0.29, 0.717) is 12.5 Å². The van der Waals surface area contributed by atoms with Gasteiger partial charge in [0.2, 0.25) is 0 Å². The van der Waals surface area contributed by atoms with Crippen molar-refractivity contribution in [3.8, 4) is 0 Å². The van der Waals surface area contributed by atoms with Crippen LogP contribution in [0.1, 0.15) is 32.6 Å². The largest absolute Gasteiger partial charge is 0.416 e. The summed E-state index contributed by atoms with van der Waals surface area (Å²) in [4.78, 5) is 0. The van der Waals surface area contributed by atoms with E-state index in [1.165, 1.54) is 31.4 Å². The minimum Gasteiger partial charge on any atom is -0.416 e. The smallest absolute Gasteiger partial charge is 0.196 e. The minimum atomic E-state index is -1.39. The molecule has 82 valence electrons. The molecule has 2 atom stereocenters. The van der Waals surface area contributed by atoms with Crippen LogP contribution in [0.3, 0.4) is 0 Å². The number of rotatable bonds is 2. The van der Waals surface area contributed by atoms with Crippen molar-refractivity contribution in [2.24, 2.45) is 5.92 Å². The van der Waals surface area contributed by atoms with Crippen molar-refractivity contribution in [2.75, 3.05) is 13.2 Å². The lowest BCUT2D eigenvalue weighted by atomic mass is 10.1. The molecular weight excluding hydrogens is 192 g/mol. The summed E-state index contributed by atoms with van der Waals surface area (Å²) in [6, 6.07) is 2.73. The molecule has 0 aromatic heterocycles. The van der Waals surface area contributed by atoms with Crippen LogP contribution in [0.4, 0.5) is 0 Å². The molecule has 0 bridgehead atoms. The second-order valence-electron chi connectivity index (χ2n) is 5.03. The Morgan fingerprint density at radius 1 is 1.29 bits per heavy atom. The lowest BCUT2D eigenvalue weighted by molar-refractivity contribution is 0.271. The van der Waals surface area contributed by atoms with E-state index < -0.39 is 8.32 Å². The maximum absolute atomic E-state index is 9.13. The molecule has 2 saturated heterocycles. The fourth-order valence-corrected chi connectivity index (χ4v) is 8.97. The van der Waals surface area contributed by atoms with Gasteiger partial charge >= 0.3 is 0 Å². The van der Waals surface area contributed by atoms with Crippen molar-refractivity contribution in [3.05, 3.63) is 0 Å². The predicted molar refractivity (Wildman–Crippen MR) is 59.8 cm³/mol. The summed E-state index contributed by atoms with van der Waals surface area (Å²) in [5.74, 6) is 0.701. The van der Waals surface area contributed by atoms with E-state index in [-0.39, 0.29) is 0 Å². The molecule has 0 amide bonds. The third-order valence-electron chi connectivity index (χ3n) is 4.14. The molecule has 2 heterocycles. The zero-order chi connectivity index (χ0) is 10.0. The molecule has 0 unspecified atom stereocenters. The van der Waals surface area contributed by atoms with Crippen molar-refractivity contribution >= 4 is 8.32 Å². The molecule has 0 radical (unpaired) electrons. The molecule has 1 spiro atoms. The molecular formula is C11H22O2Si.